The van der Waals surface area contributed by atoms with Crippen LogP contribution >= 0.6 is 11.3 Å². The molecular formula is C14H23N3O2S. The summed E-state index contributed by atoms with van der Waals surface area (Å²) in [5, 5.41) is 12.5. The molecule has 1 aliphatic heterocycles. The van der Waals surface area contributed by atoms with Gasteiger partial charge in [-0.25, -0.2) is 4.98 Å². The average molecular weight is 297 g/mol. The summed E-state index contributed by atoms with van der Waals surface area (Å²) in [4.78, 5) is 20.2. The average Bonchev–Trinajstić information content (AvgIpc) is 2.89. The third kappa shape index (κ3) is 3.77. The summed E-state index contributed by atoms with van der Waals surface area (Å²) in [6.45, 7) is 8.44. The van der Waals surface area contributed by atoms with E-state index in [9.17, 15) is 9.90 Å². The second-order valence-corrected chi connectivity index (χ2v) is 6.10. The highest BCUT2D eigenvalue weighted by atomic mass is 32.1. The summed E-state index contributed by atoms with van der Waals surface area (Å²) in [7, 11) is 0. The van der Waals surface area contributed by atoms with Gasteiger partial charge < -0.3 is 5.11 Å². The van der Waals surface area contributed by atoms with Gasteiger partial charge in [0.05, 0.1) is 10.7 Å². The van der Waals surface area contributed by atoms with Crippen LogP contribution in [-0.4, -0.2) is 58.1 Å². The van der Waals surface area contributed by atoms with Gasteiger partial charge >= 0.3 is 5.97 Å². The highest BCUT2D eigenvalue weighted by molar-refractivity contribution is 7.09. The minimum Gasteiger partial charge on any atom is -0.480 e. The molecule has 1 saturated heterocycles. The highest BCUT2D eigenvalue weighted by Crippen LogP contribution is 2.15. The van der Waals surface area contributed by atoms with Gasteiger partial charge in [0.1, 0.15) is 6.04 Å². The number of carboxylic acid groups (broad SMARTS) is 1. The van der Waals surface area contributed by atoms with Crippen molar-refractivity contribution < 1.29 is 9.90 Å². The number of nitrogens with zero attached hydrogens (tertiary/aromatic N) is 3. The van der Waals surface area contributed by atoms with Crippen molar-refractivity contribution in [1.82, 2.24) is 14.8 Å². The largest absolute Gasteiger partial charge is 0.480 e. The van der Waals surface area contributed by atoms with E-state index in [2.05, 4.69) is 27.1 Å². The lowest BCUT2D eigenvalue weighted by Gasteiger charge is -2.37. The van der Waals surface area contributed by atoms with Crippen LogP contribution < -0.4 is 0 Å². The van der Waals surface area contributed by atoms with Crippen molar-refractivity contribution in [3.05, 3.63) is 16.1 Å². The Morgan fingerprint density at radius 1 is 1.40 bits per heavy atom. The first kappa shape index (κ1) is 15.4. The molecule has 1 aromatic heterocycles. The van der Waals surface area contributed by atoms with Crippen LogP contribution in [0.2, 0.25) is 0 Å². The predicted molar refractivity (Wildman–Crippen MR) is 80.1 cm³/mol. The maximum atomic E-state index is 11.2. The molecule has 1 N–H and O–H groups in total. The number of piperazine rings is 1. The standard InChI is InChI=1S/C14H23N3O2S/c1-3-12(14(18)19)17-7-5-16(6-8-17)9-11-10-20-13(4-2)15-11/h10,12H,3-9H2,1-2H3,(H,18,19). The Morgan fingerprint density at radius 2 is 2.10 bits per heavy atom. The monoisotopic (exact) mass is 297 g/mol. The molecule has 6 heteroatoms. The fourth-order valence-electron chi connectivity index (χ4n) is 2.64. The molecule has 2 heterocycles. The molecule has 1 aliphatic rings. The molecule has 1 aromatic rings. The number of aliphatic carboxylic acids is 1. The molecule has 0 amide bonds. The Bertz CT molecular complexity index is 441. The van der Waals surface area contributed by atoms with Crippen molar-refractivity contribution in [2.24, 2.45) is 0 Å². The molecule has 0 radical (unpaired) electrons. The molecule has 0 aliphatic carbocycles. The van der Waals surface area contributed by atoms with E-state index in [4.69, 9.17) is 0 Å². The van der Waals surface area contributed by atoms with Gasteiger partial charge in [-0.1, -0.05) is 13.8 Å². The van der Waals surface area contributed by atoms with Crippen LogP contribution in [0.3, 0.4) is 0 Å². The Morgan fingerprint density at radius 3 is 2.60 bits per heavy atom. The molecule has 1 fully saturated rings. The van der Waals surface area contributed by atoms with Crippen LogP contribution in [-0.2, 0) is 17.8 Å². The summed E-state index contributed by atoms with van der Waals surface area (Å²) in [6.07, 6.45) is 1.66. The maximum absolute atomic E-state index is 11.2. The Balaban J connectivity index is 1.83. The molecular weight excluding hydrogens is 274 g/mol. The molecule has 0 saturated carbocycles. The first-order valence-electron chi connectivity index (χ1n) is 7.26. The lowest BCUT2D eigenvalue weighted by atomic mass is 10.1. The van der Waals surface area contributed by atoms with E-state index >= 15 is 0 Å². The van der Waals surface area contributed by atoms with Crippen molar-refractivity contribution in [1.29, 1.82) is 0 Å². The Labute approximate surface area is 124 Å². The van der Waals surface area contributed by atoms with E-state index in [1.807, 2.05) is 6.92 Å². The number of thiazole rings is 1. The molecule has 2 rings (SSSR count). The fraction of sp³-hybridized carbons (Fsp3) is 0.714. The number of carboxylic acids is 1. The lowest BCUT2D eigenvalue weighted by Crippen LogP contribution is -2.52. The smallest absolute Gasteiger partial charge is 0.320 e. The molecule has 112 valence electrons. The summed E-state index contributed by atoms with van der Waals surface area (Å²) in [5.74, 6) is -0.701. The Hall–Kier alpha value is -0.980. The van der Waals surface area contributed by atoms with Crippen LogP contribution in [0.25, 0.3) is 0 Å². The molecule has 0 bridgehead atoms. The third-order valence-corrected chi connectivity index (χ3v) is 4.85. The lowest BCUT2D eigenvalue weighted by molar-refractivity contribution is -0.144. The van der Waals surface area contributed by atoms with Gasteiger partial charge in [0.15, 0.2) is 0 Å². The quantitative estimate of drug-likeness (QED) is 0.866. The molecule has 0 spiro atoms. The van der Waals surface area contributed by atoms with Crippen molar-refractivity contribution in [2.45, 2.75) is 39.3 Å². The number of aromatic nitrogens is 1. The van der Waals surface area contributed by atoms with E-state index in [1.54, 1.807) is 11.3 Å². The second-order valence-electron chi connectivity index (χ2n) is 5.16. The van der Waals surface area contributed by atoms with E-state index in [-0.39, 0.29) is 6.04 Å². The molecule has 1 atom stereocenters. The first-order valence-corrected chi connectivity index (χ1v) is 8.14. The van der Waals surface area contributed by atoms with Crippen molar-refractivity contribution in [2.75, 3.05) is 26.2 Å². The van der Waals surface area contributed by atoms with E-state index < -0.39 is 5.97 Å². The van der Waals surface area contributed by atoms with Gasteiger partial charge in [0, 0.05) is 38.1 Å². The SMILES string of the molecule is CCc1nc(CN2CCN(C(CC)C(=O)O)CC2)cs1. The minimum absolute atomic E-state index is 0.330. The minimum atomic E-state index is -0.701. The summed E-state index contributed by atoms with van der Waals surface area (Å²) in [6, 6.07) is -0.330. The van der Waals surface area contributed by atoms with Gasteiger partial charge in [-0.3, -0.25) is 14.6 Å². The normalized spacial score (nSPS) is 19.1. The number of rotatable bonds is 6. The van der Waals surface area contributed by atoms with Gasteiger partial charge in [0.2, 0.25) is 0 Å². The van der Waals surface area contributed by atoms with Crippen LogP contribution in [0.4, 0.5) is 0 Å². The maximum Gasteiger partial charge on any atom is 0.320 e. The molecule has 0 aromatic carbocycles. The van der Waals surface area contributed by atoms with Crippen molar-refractivity contribution >= 4 is 17.3 Å². The summed E-state index contributed by atoms with van der Waals surface area (Å²) >= 11 is 1.73. The Kier molecular flexibility index (Phi) is 5.51. The third-order valence-electron chi connectivity index (χ3n) is 3.81. The van der Waals surface area contributed by atoms with Crippen LogP contribution in [0.5, 0.6) is 0 Å². The van der Waals surface area contributed by atoms with E-state index in [1.165, 1.54) is 5.01 Å². The van der Waals surface area contributed by atoms with Gasteiger partial charge in [0.25, 0.3) is 0 Å². The van der Waals surface area contributed by atoms with Crippen molar-refractivity contribution in [3.8, 4) is 0 Å². The summed E-state index contributed by atoms with van der Waals surface area (Å²) < 4.78 is 0. The van der Waals surface area contributed by atoms with Gasteiger partial charge in [-0.15, -0.1) is 11.3 Å². The number of hydrogen-bond donors (Lipinski definition) is 1. The predicted octanol–water partition coefficient (Wildman–Crippen LogP) is 1.69. The molecule has 5 nitrogen and oxygen atoms in total. The van der Waals surface area contributed by atoms with Gasteiger partial charge in [-0.05, 0) is 12.8 Å². The zero-order chi connectivity index (χ0) is 14.5. The number of aryl methyl sites for hydroxylation is 1. The fourth-order valence-corrected chi connectivity index (χ4v) is 3.37. The first-order chi connectivity index (χ1) is 9.63. The van der Waals surface area contributed by atoms with E-state index in [0.717, 1.165) is 44.8 Å². The van der Waals surface area contributed by atoms with Crippen LogP contribution in [0, 0.1) is 0 Å². The number of carbonyl (C=O) groups is 1. The molecule has 20 heavy (non-hydrogen) atoms. The second kappa shape index (κ2) is 7.15. The zero-order valence-corrected chi connectivity index (χ0v) is 13.0. The highest BCUT2D eigenvalue weighted by Gasteiger charge is 2.27. The van der Waals surface area contributed by atoms with Crippen molar-refractivity contribution in [3.63, 3.8) is 0 Å². The van der Waals surface area contributed by atoms with E-state index in [0.29, 0.717) is 6.42 Å². The topological polar surface area (TPSA) is 56.7 Å². The van der Waals surface area contributed by atoms with Crippen LogP contribution in [0.1, 0.15) is 31.0 Å². The zero-order valence-electron chi connectivity index (χ0n) is 12.2. The number of hydrogen-bond acceptors (Lipinski definition) is 5. The molecule has 1 unspecified atom stereocenters. The summed E-state index contributed by atoms with van der Waals surface area (Å²) in [5.41, 5.74) is 1.14. The van der Waals surface area contributed by atoms with Gasteiger partial charge in [-0.2, -0.15) is 0 Å². The van der Waals surface area contributed by atoms with Crippen LogP contribution in [0.15, 0.2) is 5.38 Å².